The van der Waals surface area contributed by atoms with E-state index in [0.717, 1.165) is 23.4 Å². The molecule has 1 N–H and O–H groups in total. The molecule has 1 aromatic carbocycles. The van der Waals surface area contributed by atoms with E-state index in [0.29, 0.717) is 0 Å². The number of hydrogen-bond acceptors (Lipinski definition) is 2. The Hall–Kier alpha value is -1.77. The quantitative estimate of drug-likeness (QED) is 0.869. The van der Waals surface area contributed by atoms with Crippen LogP contribution in [-0.2, 0) is 6.42 Å². The number of halogens is 1. The molecule has 1 heterocycles. The van der Waals surface area contributed by atoms with Crippen molar-refractivity contribution < 1.29 is 8.81 Å². The highest BCUT2D eigenvalue weighted by molar-refractivity contribution is 5.51. The molecule has 0 amide bonds. The van der Waals surface area contributed by atoms with Gasteiger partial charge in [-0.15, -0.1) is 0 Å². The number of anilines is 1. The summed E-state index contributed by atoms with van der Waals surface area (Å²) in [5.41, 5.74) is 1.88. The van der Waals surface area contributed by atoms with Crippen molar-refractivity contribution in [1.82, 2.24) is 0 Å². The van der Waals surface area contributed by atoms with Crippen LogP contribution in [0.3, 0.4) is 0 Å². The van der Waals surface area contributed by atoms with Crippen molar-refractivity contribution >= 4 is 5.69 Å². The fourth-order valence-electron chi connectivity index (χ4n) is 1.84. The van der Waals surface area contributed by atoms with Gasteiger partial charge in [-0.2, -0.15) is 0 Å². The van der Waals surface area contributed by atoms with Gasteiger partial charge in [-0.05, 0) is 49.7 Å². The Morgan fingerprint density at radius 3 is 2.82 bits per heavy atom. The molecule has 1 unspecified atom stereocenters. The Labute approximate surface area is 100 Å². The SMILES string of the molecule is Cc1cc(F)ccc1NC(C)Cc1ccco1. The molecular weight excluding hydrogens is 217 g/mol. The van der Waals surface area contributed by atoms with Gasteiger partial charge in [-0.1, -0.05) is 0 Å². The van der Waals surface area contributed by atoms with E-state index < -0.39 is 0 Å². The zero-order valence-electron chi connectivity index (χ0n) is 10.0. The minimum absolute atomic E-state index is 0.202. The summed E-state index contributed by atoms with van der Waals surface area (Å²) in [6.07, 6.45) is 2.48. The van der Waals surface area contributed by atoms with Crippen LogP contribution in [0.4, 0.5) is 10.1 Å². The van der Waals surface area contributed by atoms with Crippen molar-refractivity contribution in [3.8, 4) is 0 Å². The summed E-state index contributed by atoms with van der Waals surface area (Å²) in [7, 11) is 0. The average molecular weight is 233 g/mol. The van der Waals surface area contributed by atoms with Gasteiger partial charge in [0.1, 0.15) is 11.6 Å². The average Bonchev–Trinajstić information content (AvgIpc) is 2.75. The van der Waals surface area contributed by atoms with Crippen molar-refractivity contribution in [3.63, 3.8) is 0 Å². The molecule has 17 heavy (non-hydrogen) atoms. The van der Waals surface area contributed by atoms with Crippen LogP contribution in [0.15, 0.2) is 41.0 Å². The van der Waals surface area contributed by atoms with Crippen molar-refractivity contribution in [2.24, 2.45) is 0 Å². The molecule has 0 radical (unpaired) electrons. The molecule has 0 aliphatic carbocycles. The summed E-state index contributed by atoms with van der Waals surface area (Å²) in [6, 6.07) is 8.84. The lowest BCUT2D eigenvalue weighted by molar-refractivity contribution is 0.497. The van der Waals surface area contributed by atoms with Gasteiger partial charge in [-0.3, -0.25) is 0 Å². The highest BCUT2D eigenvalue weighted by atomic mass is 19.1. The van der Waals surface area contributed by atoms with Gasteiger partial charge < -0.3 is 9.73 Å². The monoisotopic (exact) mass is 233 g/mol. The van der Waals surface area contributed by atoms with Crippen LogP contribution >= 0.6 is 0 Å². The Balaban J connectivity index is 2.00. The van der Waals surface area contributed by atoms with E-state index >= 15 is 0 Å². The van der Waals surface area contributed by atoms with E-state index in [1.165, 1.54) is 12.1 Å². The third-order valence-electron chi connectivity index (χ3n) is 2.68. The first-order valence-electron chi connectivity index (χ1n) is 5.70. The topological polar surface area (TPSA) is 25.2 Å². The minimum Gasteiger partial charge on any atom is -0.469 e. The van der Waals surface area contributed by atoms with E-state index in [4.69, 9.17) is 4.42 Å². The Morgan fingerprint density at radius 2 is 2.18 bits per heavy atom. The van der Waals surface area contributed by atoms with Crippen LogP contribution in [0.5, 0.6) is 0 Å². The maximum Gasteiger partial charge on any atom is 0.123 e. The normalized spacial score (nSPS) is 12.4. The fourth-order valence-corrected chi connectivity index (χ4v) is 1.84. The van der Waals surface area contributed by atoms with Crippen LogP contribution in [-0.4, -0.2) is 6.04 Å². The third kappa shape index (κ3) is 3.09. The first-order chi connectivity index (χ1) is 8.15. The van der Waals surface area contributed by atoms with Crippen molar-refractivity contribution in [2.45, 2.75) is 26.3 Å². The van der Waals surface area contributed by atoms with E-state index in [2.05, 4.69) is 12.2 Å². The van der Waals surface area contributed by atoms with Crippen molar-refractivity contribution in [3.05, 3.63) is 53.7 Å². The largest absolute Gasteiger partial charge is 0.469 e. The fraction of sp³-hybridized carbons (Fsp3) is 0.286. The maximum absolute atomic E-state index is 12.9. The molecule has 1 aromatic heterocycles. The summed E-state index contributed by atoms with van der Waals surface area (Å²) in [4.78, 5) is 0. The number of furan rings is 1. The first-order valence-corrected chi connectivity index (χ1v) is 5.70. The first kappa shape index (κ1) is 11.7. The lowest BCUT2D eigenvalue weighted by atomic mass is 10.1. The number of hydrogen-bond donors (Lipinski definition) is 1. The van der Waals surface area contributed by atoms with Crippen LogP contribution in [0.1, 0.15) is 18.2 Å². The highest BCUT2D eigenvalue weighted by Crippen LogP contribution is 2.17. The lowest BCUT2D eigenvalue weighted by Gasteiger charge is -2.16. The molecule has 2 aromatic rings. The molecule has 1 atom stereocenters. The Morgan fingerprint density at radius 1 is 1.35 bits per heavy atom. The van der Waals surface area contributed by atoms with Gasteiger partial charge in [0, 0.05) is 18.2 Å². The molecule has 0 saturated carbocycles. The van der Waals surface area contributed by atoms with Gasteiger partial charge in [0.05, 0.1) is 6.26 Å². The number of nitrogens with one attached hydrogen (secondary N) is 1. The molecule has 0 fully saturated rings. The summed E-state index contributed by atoms with van der Waals surface area (Å²) < 4.78 is 18.2. The van der Waals surface area contributed by atoms with Gasteiger partial charge in [-0.25, -0.2) is 4.39 Å². The third-order valence-corrected chi connectivity index (χ3v) is 2.68. The van der Waals surface area contributed by atoms with Gasteiger partial charge in [0.15, 0.2) is 0 Å². The molecular formula is C14H16FNO. The van der Waals surface area contributed by atoms with Gasteiger partial charge in [0.25, 0.3) is 0 Å². The minimum atomic E-state index is -0.202. The molecule has 90 valence electrons. The number of aryl methyl sites for hydroxylation is 1. The summed E-state index contributed by atoms with van der Waals surface area (Å²) in [5, 5.41) is 3.35. The maximum atomic E-state index is 12.9. The second-order valence-electron chi connectivity index (χ2n) is 4.29. The molecule has 0 spiro atoms. The zero-order valence-corrected chi connectivity index (χ0v) is 10.0. The van der Waals surface area contributed by atoms with Crippen LogP contribution in [0, 0.1) is 12.7 Å². The predicted molar refractivity (Wildman–Crippen MR) is 66.6 cm³/mol. The van der Waals surface area contributed by atoms with Crippen LogP contribution in [0.2, 0.25) is 0 Å². The van der Waals surface area contributed by atoms with Gasteiger partial charge in [0.2, 0.25) is 0 Å². The molecule has 2 nitrogen and oxygen atoms in total. The van der Waals surface area contributed by atoms with Crippen LogP contribution < -0.4 is 5.32 Å². The molecule has 3 heteroatoms. The number of benzene rings is 1. The van der Waals surface area contributed by atoms with E-state index in [1.54, 1.807) is 12.3 Å². The van der Waals surface area contributed by atoms with E-state index in [-0.39, 0.29) is 11.9 Å². The summed E-state index contributed by atoms with van der Waals surface area (Å²) >= 11 is 0. The van der Waals surface area contributed by atoms with Crippen molar-refractivity contribution in [2.75, 3.05) is 5.32 Å². The molecule has 0 bridgehead atoms. The highest BCUT2D eigenvalue weighted by Gasteiger charge is 2.07. The second kappa shape index (κ2) is 5.04. The summed E-state index contributed by atoms with van der Waals surface area (Å²) in [6.45, 7) is 3.97. The predicted octanol–water partition coefficient (Wildman–Crippen LogP) is 3.77. The molecule has 2 rings (SSSR count). The van der Waals surface area contributed by atoms with Gasteiger partial charge >= 0.3 is 0 Å². The standard InChI is InChI=1S/C14H16FNO/c1-10-8-12(15)5-6-14(10)16-11(2)9-13-4-3-7-17-13/h3-8,11,16H,9H2,1-2H3. The summed E-state index contributed by atoms with van der Waals surface area (Å²) in [5.74, 6) is 0.747. The zero-order chi connectivity index (χ0) is 12.3. The van der Waals surface area contributed by atoms with Crippen LogP contribution in [0.25, 0.3) is 0 Å². The molecule has 0 aliphatic rings. The second-order valence-corrected chi connectivity index (χ2v) is 4.29. The molecule has 0 saturated heterocycles. The Bertz CT molecular complexity index is 479. The van der Waals surface area contributed by atoms with E-state index in [1.807, 2.05) is 19.1 Å². The smallest absolute Gasteiger partial charge is 0.123 e. The lowest BCUT2D eigenvalue weighted by Crippen LogP contribution is -2.18. The van der Waals surface area contributed by atoms with E-state index in [9.17, 15) is 4.39 Å². The number of rotatable bonds is 4. The molecule has 0 aliphatic heterocycles. The van der Waals surface area contributed by atoms with Crippen molar-refractivity contribution in [1.29, 1.82) is 0 Å². The Kier molecular flexibility index (Phi) is 3.47.